The van der Waals surface area contributed by atoms with Crippen LogP contribution in [-0.2, 0) is 6.42 Å². The molecule has 3 rings (SSSR count). The normalized spacial score (nSPS) is 14.8. The number of nitrogens with one attached hydrogen (secondary N) is 2. The maximum atomic E-state index is 12.5. The number of piperidine rings is 1. The number of hydrogen-bond donors (Lipinski definition) is 2. The van der Waals surface area contributed by atoms with Crippen LogP contribution in [0.5, 0.6) is 0 Å². The first kappa shape index (κ1) is 19.4. The van der Waals surface area contributed by atoms with Crippen molar-refractivity contribution in [2.75, 3.05) is 18.4 Å². The molecular weight excluding hydrogens is 358 g/mol. The van der Waals surface area contributed by atoms with E-state index in [1.54, 1.807) is 11.3 Å². The third kappa shape index (κ3) is 5.10. The van der Waals surface area contributed by atoms with E-state index in [0.29, 0.717) is 13.1 Å². The van der Waals surface area contributed by atoms with Gasteiger partial charge in [-0.2, -0.15) is 0 Å². The van der Waals surface area contributed by atoms with Crippen molar-refractivity contribution in [1.29, 1.82) is 0 Å². The number of para-hydroxylation sites is 1. The molecule has 1 aliphatic rings. The molecule has 144 valence electrons. The zero-order valence-electron chi connectivity index (χ0n) is 16.0. The van der Waals surface area contributed by atoms with Crippen molar-refractivity contribution in [3.63, 3.8) is 0 Å². The summed E-state index contributed by atoms with van der Waals surface area (Å²) in [6.07, 6.45) is 3.66. The fourth-order valence-corrected chi connectivity index (χ4v) is 4.33. The van der Waals surface area contributed by atoms with Gasteiger partial charge in [-0.05, 0) is 49.9 Å². The summed E-state index contributed by atoms with van der Waals surface area (Å²) in [5.74, 6) is 0.0117. The molecule has 2 heterocycles. The van der Waals surface area contributed by atoms with Gasteiger partial charge in [0.25, 0.3) is 5.91 Å². The maximum Gasteiger partial charge on any atom is 0.321 e. The fourth-order valence-electron chi connectivity index (χ4n) is 3.36. The Balaban J connectivity index is 1.48. The molecule has 1 saturated heterocycles. The average molecular weight is 386 g/mol. The van der Waals surface area contributed by atoms with E-state index in [4.69, 9.17) is 0 Å². The van der Waals surface area contributed by atoms with E-state index in [-0.39, 0.29) is 18.0 Å². The summed E-state index contributed by atoms with van der Waals surface area (Å²) in [4.78, 5) is 28.7. The molecule has 3 amide bonds. The molecule has 2 N–H and O–H groups in total. The Kier molecular flexibility index (Phi) is 6.50. The SMILES string of the molecule is CCCc1cc(C(=O)NC2CCN(C(=O)Nc3ccccc3)CC2)sc1C. The Labute approximate surface area is 164 Å². The molecule has 27 heavy (non-hydrogen) atoms. The van der Waals surface area contributed by atoms with Crippen molar-refractivity contribution < 1.29 is 9.59 Å². The monoisotopic (exact) mass is 385 g/mol. The Morgan fingerprint density at radius 1 is 1.19 bits per heavy atom. The zero-order valence-corrected chi connectivity index (χ0v) is 16.8. The first-order valence-electron chi connectivity index (χ1n) is 9.58. The van der Waals surface area contributed by atoms with Gasteiger partial charge < -0.3 is 15.5 Å². The van der Waals surface area contributed by atoms with Gasteiger partial charge in [0.05, 0.1) is 4.88 Å². The number of benzene rings is 1. The van der Waals surface area contributed by atoms with E-state index in [2.05, 4.69) is 24.5 Å². The van der Waals surface area contributed by atoms with Crippen LogP contribution in [0.15, 0.2) is 36.4 Å². The number of thiophene rings is 1. The number of hydrogen-bond acceptors (Lipinski definition) is 3. The molecule has 0 radical (unpaired) electrons. The summed E-state index contributed by atoms with van der Waals surface area (Å²) in [5.41, 5.74) is 2.08. The van der Waals surface area contributed by atoms with E-state index >= 15 is 0 Å². The van der Waals surface area contributed by atoms with Gasteiger partial charge in [-0.15, -0.1) is 11.3 Å². The summed E-state index contributed by atoms with van der Waals surface area (Å²) in [7, 11) is 0. The van der Waals surface area contributed by atoms with Gasteiger partial charge in [-0.1, -0.05) is 31.5 Å². The van der Waals surface area contributed by atoms with Crippen molar-refractivity contribution >= 4 is 29.0 Å². The highest BCUT2D eigenvalue weighted by molar-refractivity contribution is 7.14. The minimum atomic E-state index is -0.0796. The number of urea groups is 1. The molecule has 0 bridgehead atoms. The number of carbonyl (C=O) groups excluding carboxylic acids is 2. The Morgan fingerprint density at radius 2 is 1.89 bits per heavy atom. The number of likely N-dealkylation sites (tertiary alicyclic amines) is 1. The van der Waals surface area contributed by atoms with Crippen LogP contribution < -0.4 is 10.6 Å². The van der Waals surface area contributed by atoms with Gasteiger partial charge >= 0.3 is 6.03 Å². The molecule has 0 atom stereocenters. The highest BCUT2D eigenvalue weighted by Crippen LogP contribution is 2.23. The van der Waals surface area contributed by atoms with E-state index < -0.39 is 0 Å². The van der Waals surface area contributed by atoms with Gasteiger partial charge in [0.2, 0.25) is 0 Å². The number of anilines is 1. The first-order chi connectivity index (χ1) is 13.1. The van der Waals surface area contributed by atoms with E-state index in [9.17, 15) is 9.59 Å². The first-order valence-corrected chi connectivity index (χ1v) is 10.4. The predicted molar refractivity (Wildman–Crippen MR) is 111 cm³/mol. The molecule has 2 aromatic rings. The number of rotatable bonds is 5. The third-order valence-electron chi connectivity index (χ3n) is 4.91. The molecule has 6 heteroatoms. The smallest absolute Gasteiger partial charge is 0.321 e. The maximum absolute atomic E-state index is 12.5. The van der Waals surface area contributed by atoms with Crippen LogP contribution in [0, 0.1) is 6.92 Å². The number of carbonyl (C=O) groups is 2. The summed E-state index contributed by atoms with van der Waals surface area (Å²) >= 11 is 1.57. The molecule has 1 fully saturated rings. The summed E-state index contributed by atoms with van der Waals surface area (Å²) in [6, 6.07) is 11.5. The molecule has 0 aliphatic carbocycles. The lowest BCUT2D eigenvalue weighted by molar-refractivity contribution is 0.0923. The Morgan fingerprint density at radius 3 is 2.56 bits per heavy atom. The van der Waals surface area contributed by atoms with Crippen LogP contribution in [0.2, 0.25) is 0 Å². The van der Waals surface area contributed by atoms with E-state index in [1.165, 1.54) is 10.4 Å². The highest BCUT2D eigenvalue weighted by Gasteiger charge is 2.24. The molecule has 1 aliphatic heterocycles. The fraction of sp³-hybridized carbons (Fsp3) is 0.429. The zero-order chi connectivity index (χ0) is 19.2. The van der Waals surface area contributed by atoms with Crippen molar-refractivity contribution in [2.45, 2.75) is 45.6 Å². The predicted octanol–water partition coefficient (Wildman–Crippen LogP) is 4.44. The van der Waals surface area contributed by atoms with Crippen LogP contribution in [-0.4, -0.2) is 36.0 Å². The van der Waals surface area contributed by atoms with Gasteiger partial charge in [0.1, 0.15) is 0 Å². The van der Waals surface area contributed by atoms with Gasteiger partial charge in [0, 0.05) is 29.7 Å². The Hall–Kier alpha value is -2.34. The largest absolute Gasteiger partial charge is 0.348 e. The van der Waals surface area contributed by atoms with Crippen LogP contribution in [0.25, 0.3) is 0 Å². The van der Waals surface area contributed by atoms with Gasteiger partial charge in [0.15, 0.2) is 0 Å². The highest BCUT2D eigenvalue weighted by atomic mass is 32.1. The molecule has 1 aromatic carbocycles. The number of nitrogens with zero attached hydrogens (tertiary/aromatic N) is 1. The topological polar surface area (TPSA) is 61.4 Å². The molecule has 0 unspecified atom stereocenters. The average Bonchev–Trinajstić information content (AvgIpc) is 3.04. The van der Waals surface area contributed by atoms with E-state index in [0.717, 1.165) is 36.2 Å². The van der Waals surface area contributed by atoms with Crippen molar-refractivity contribution in [3.05, 3.63) is 51.7 Å². The summed E-state index contributed by atoms with van der Waals surface area (Å²) in [6.45, 7) is 5.52. The lowest BCUT2D eigenvalue weighted by Gasteiger charge is -2.32. The van der Waals surface area contributed by atoms with Crippen LogP contribution in [0.3, 0.4) is 0 Å². The second-order valence-corrected chi connectivity index (χ2v) is 8.23. The summed E-state index contributed by atoms with van der Waals surface area (Å²) in [5, 5.41) is 6.06. The third-order valence-corrected chi connectivity index (χ3v) is 6.00. The minimum absolute atomic E-state index is 0.0117. The minimum Gasteiger partial charge on any atom is -0.348 e. The second-order valence-electron chi connectivity index (χ2n) is 6.97. The van der Waals surface area contributed by atoms with Crippen molar-refractivity contribution in [2.24, 2.45) is 0 Å². The second kappa shape index (κ2) is 9.04. The number of aryl methyl sites for hydroxylation is 2. The van der Waals surface area contributed by atoms with Crippen LogP contribution in [0.1, 0.15) is 46.3 Å². The van der Waals surface area contributed by atoms with E-state index in [1.807, 2.05) is 41.3 Å². The number of amides is 3. The lowest BCUT2D eigenvalue weighted by atomic mass is 10.1. The quantitative estimate of drug-likeness (QED) is 0.799. The Bertz CT molecular complexity index is 780. The van der Waals surface area contributed by atoms with Crippen LogP contribution >= 0.6 is 11.3 Å². The van der Waals surface area contributed by atoms with Gasteiger partial charge in [-0.25, -0.2) is 4.79 Å². The van der Waals surface area contributed by atoms with Crippen molar-refractivity contribution in [3.8, 4) is 0 Å². The van der Waals surface area contributed by atoms with Crippen molar-refractivity contribution in [1.82, 2.24) is 10.2 Å². The standard InChI is InChI=1S/C21H27N3O2S/c1-3-7-16-14-19(27-15(16)2)20(25)22-18-10-12-24(13-11-18)21(26)23-17-8-5-4-6-9-17/h4-6,8-9,14,18H,3,7,10-13H2,1-2H3,(H,22,25)(H,23,26). The lowest BCUT2D eigenvalue weighted by Crippen LogP contribution is -2.47. The van der Waals surface area contributed by atoms with Crippen LogP contribution in [0.4, 0.5) is 10.5 Å². The molecule has 0 spiro atoms. The molecular formula is C21H27N3O2S. The molecule has 0 saturated carbocycles. The van der Waals surface area contributed by atoms with Gasteiger partial charge in [-0.3, -0.25) is 4.79 Å². The molecule has 1 aromatic heterocycles. The summed E-state index contributed by atoms with van der Waals surface area (Å²) < 4.78 is 0. The molecule has 5 nitrogen and oxygen atoms in total.